The first-order valence-corrected chi connectivity index (χ1v) is 6.59. The Bertz CT molecular complexity index is 267. The second-order valence-electron chi connectivity index (χ2n) is 4.23. The molecule has 2 unspecified atom stereocenters. The van der Waals surface area contributed by atoms with Crippen molar-refractivity contribution in [2.75, 3.05) is 19.8 Å². The van der Waals surface area contributed by atoms with Gasteiger partial charge in [0.25, 0.3) is 0 Å². The summed E-state index contributed by atoms with van der Waals surface area (Å²) < 4.78 is 5.47. The third-order valence-corrected chi connectivity index (χ3v) is 3.99. The van der Waals surface area contributed by atoms with E-state index >= 15 is 0 Å². The number of ether oxygens (including phenoxy) is 1. The lowest BCUT2D eigenvalue weighted by Crippen LogP contribution is -2.30. The van der Waals surface area contributed by atoms with Crippen LogP contribution in [0.15, 0.2) is 17.5 Å². The fourth-order valence-electron chi connectivity index (χ4n) is 1.95. The molecular formula is C12H19NOS. The minimum atomic E-state index is 0.479. The number of hydrogen-bond donors (Lipinski definition) is 1. The molecule has 15 heavy (non-hydrogen) atoms. The van der Waals surface area contributed by atoms with Crippen LogP contribution in [0.25, 0.3) is 0 Å². The second-order valence-corrected chi connectivity index (χ2v) is 5.21. The third-order valence-electron chi connectivity index (χ3n) is 2.94. The molecule has 0 saturated carbocycles. The van der Waals surface area contributed by atoms with Gasteiger partial charge in [0.1, 0.15) is 0 Å². The Balaban J connectivity index is 1.73. The molecule has 3 heteroatoms. The van der Waals surface area contributed by atoms with Crippen LogP contribution in [0.1, 0.15) is 30.7 Å². The average Bonchev–Trinajstić information content (AvgIpc) is 2.81. The van der Waals surface area contributed by atoms with Gasteiger partial charge in [0.05, 0.1) is 6.61 Å². The Morgan fingerprint density at radius 1 is 1.67 bits per heavy atom. The molecule has 2 atom stereocenters. The van der Waals surface area contributed by atoms with Gasteiger partial charge in [0.2, 0.25) is 0 Å². The van der Waals surface area contributed by atoms with Crippen molar-refractivity contribution < 1.29 is 4.74 Å². The highest BCUT2D eigenvalue weighted by molar-refractivity contribution is 7.10. The molecule has 1 aliphatic rings. The summed E-state index contributed by atoms with van der Waals surface area (Å²) in [5.74, 6) is 0.709. The first-order chi connectivity index (χ1) is 7.36. The molecule has 1 aromatic rings. The highest BCUT2D eigenvalue weighted by Gasteiger charge is 2.15. The Kier molecular flexibility index (Phi) is 4.18. The fraction of sp³-hybridized carbons (Fsp3) is 0.667. The molecule has 0 spiro atoms. The Morgan fingerprint density at radius 3 is 3.27 bits per heavy atom. The molecule has 0 amide bonds. The maximum atomic E-state index is 5.47. The zero-order chi connectivity index (χ0) is 10.5. The van der Waals surface area contributed by atoms with Gasteiger partial charge in [-0.3, -0.25) is 0 Å². The van der Waals surface area contributed by atoms with Gasteiger partial charge in [-0.05, 0) is 37.1 Å². The van der Waals surface area contributed by atoms with Crippen molar-refractivity contribution in [3.63, 3.8) is 0 Å². The third kappa shape index (κ3) is 3.30. The summed E-state index contributed by atoms with van der Waals surface area (Å²) in [6.07, 6.45) is 2.53. The van der Waals surface area contributed by atoms with Crippen LogP contribution in [0.3, 0.4) is 0 Å². The molecule has 2 heterocycles. The SMILES string of the molecule is CC(NCC1CCCOC1)c1cccs1. The minimum Gasteiger partial charge on any atom is -0.381 e. The van der Waals surface area contributed by atoms with Crippen molar-refractivity contribution in [2.24, 2.45) is 5.92 Å². The highest BCUT2D eigenvalue weighted by atomic mass is 32.1. The molecule has 1 aromatic heterocycles. The lowest BCUT2D eigenvalue weighted by molar-refractivity contribution is 0.0540. The van der Waals surface area contributed by atoms with Gasteiger partial charge < -0.3 is 10.1 Å². The summed E-state index contributed by atoms with van der Waals surface area (Å²) in [6, 6.07) is 4.79. The van der Waals surface area contributed by atoms with E-state index in [1.54, 1.807) is 0 Å². The molecular weight excluding hydrogens is 206 g/mol. The van der Waals surface area contributed by atoms with Crippen molar-refractivity contribution in [2.45, 2.75) is 25.8 Å². The van der Waals surface area contributed by atoms with Crippen molar-refractivity contribution in [1.29, 1.82) is 0 Å². The summed E-state index contributed by atoms with van der Waals surface area (Å²) in [6.45, 7) is 5.20. The molecule has 1 saturated heterocycles. The lowest BCUT2D eigenvalue weighted by atomic mass is 10.0. The molecule has 0 bridgehead atoms. The molecule has 1 fully saturated rings. The van der Waals surface area contributed by atoms with E-state index in [0.29, 0.717) is 12.0 Å². The van der Waals surface area contributed by atoms with Gasteiger partial charge in [0.15, 0.2) is 0 Å². The molecule has 0 radical (unpaired) electrons. The Labute approximate surface area is 95.6 Å². The highest BCUT2D eigenvalue weighted by Crippen LogP contribution is 2.19. The van der Waals surface area contributed by atoms with Gasteiger partial charge in [-0.1, -0.05) is 6.07 Å². The maximum absolute atomic E-state index is 5.47. The Hall–Kier alpha value is -0.380. The van der Waals surface area contributed by atoms with Gasteiger partial charge in [0, 0.05) is 24.1 Å². The number of nitrogens with one attached hydrogen (secondary N) is 1. The standard InChI is InChI=1S/C12H19NOS/c1-10(12-5-3-7-15-12)13-8-11-4-2-6-14-9-11/h3,5,7,10-11,13H,2,4,6,8-9H2,1H3. The predicted octanol–water partition coefficient (Wildman–Crippen LogP) is 2.83. The fourth-order valence-corrected chi connectivity index (χ4v) is 2.71. The Morgan fingerprint density at radius 2 is 2.60 bits per heavy atom. The van der Waals surface area contributed by atoms with Gasteiger partial charge in [-0.25, -0.2) is 0 Å². The quantitative estimate of drug-likeness (QED) is 0.851. The summed E-state index contributed by atoms with van der Waals surface area (Å²) in [7, 11) is 0. The van der Waals surface area contributed by atoms with Crippen molar-refractivity contribution in [1.82, 2.24) is 5.32 Å². The monoisotopic (exact) mass is 225 g/mol. The maximum Gasteiger partial charge on any atom is 0.0506 e. The minimum absolute atomic E-state index is 0.479. The van der Waals surface area contributed by atoms with Crippen LogP contribution in [0.4, 0.5) is 0 Å². The van der Waals surface area contributed by atoms with E-state index in [1.165, 1.54) is 17.7 Å². The zero-order valence-corrected chi connectivity index (χ0v) is 10.1. The van der Waals surface area contributed by atoms with E-state index in [-0.39, 0.29) is 0 Å². The van der Waals surface area contributed by atoms with Gasteiger partial charge in [-0.15, -0.1) is 11.3 Å². The van der Waals surface area contributed by atoms with Gasteiger partial charge >= 0.3 is 0 Å². The summed E-state index contributed by atoms with van der Waals surface area (Å²) in [5.41, 5.74) is 0. The first kappa shape index (κ1) is 11.1. The predicted molar refractivity (Wildman–Crippen MR) is 64.3 cm³/mol. The molecule has 2 rings (SSSR count). The van der Waals surface area contributed by atoms with E-state index in [1.807, 2.05) is 11.3 Å². The topological polar surface area (TPSA) is 21.3 Å². The lowest BCUT2D eigenvalue weighted by Gasteiger charge is -2.24. The van der Waals surface area contributed by atoms with E-state index < -0.39 is 0 Å². The largest absolute Gasteiger partial charge is 0.381 e. The van der Waals surface area contributed by atoms with Crippen LogP contribution in [-0.2, 0) is 4.74 Å². The van der Waals surface area contributed by atoms with Crippen LogP contribution < -0.4 is 5.32 Å². The second kappa shape index (κ2) is 5.64. The van der Waals surface area contributed by atoms with E-state index in [4.69, 9.17) is 4.74 Å². The van der Waals surface area contributed by atoms with E-state index in [9.17, 15) is 0 Å². The van der Waals surface area contributed by atoms with Crippen molar-refractivity contribution >= 4 is 11.3 Å². The van der Waals surface area contributed by atoms with Crippen molar-refractivity contribution in [3.05, 3.63) is 22.4 Å². The van der Waals surface area contributed by atoms with E-state index in [0.717, 1.165) is 19.8 Å². The van der Waals surface area contributed by atoms with E-state index in [2.05, 4.69) is 29.8 Å². The molecule has 1 aliphatic heterocycles. The van der Waals surface area contributed by atoms with Crippen LogP contribution in [0.2, 0.25) is 0 Å². The van der Waals surface area contributed by atoms with Gasteiger partial charge in [-0.2, -0.15) is 0 Å². The number of hydrogen-bond acceptors (Lipinski definition) is 3. The average molecular weight is 225 g/mol. The number of rotatable bonds is 4. The molecule has 0 aliphatic carbocycles. The molecule has 0 aromatic carbocycles. The number of thiophene rings is 1. The van der Waals surface area contributed by atoms with Crippen molar-refractivity contribution in [3.8, 4) is 0 Å². The smallest absolute Gasteiger partial charge is 0.0506 e. The molecule has 1 N–H and O–H groups in total. The van der Waals surface area contributed by atoms with Crippen LogP contribution in [-0.4, -0.2) is 19.8 Å². The molecule has 2 nitrogen and oxygen atoms in total. The normalized spacial score (nSPS) is 23.9. The van der Waals surface area contributed by atoms with Crippen LogP contribution in [0, 0.1) is 5.92 Å². The summed E-state index contributed by atoms with van der Waals surface area (Å²) >= 11 is 1.82. The summed E-state index contributed by atoms with van der Waals surface area (Å²) in [4.78, 5) is 1.42. The zero-order valence-electron chi connectivity index (χ0n) is 9.24. The van der Waals surface area contributed by atoms with Crippen LogP contribution >= 0.6 is 11.3 Å². The molecule has 84 valence electrons. The first-order valence-electron chi connectivity index (χ1n) is 5.71. The summed E-state index contributed by atoms with van der Waals surface area (Å²) in [5, 5.41) is 5.72. The van der Waals surface area contributed by atoms with Crippen LogP contribution in [0.5, 0.6) is 0 Å².